The number of ether oxygens (including phenoxy) is 3. The van der Waals surface area contributed by atoms with Crippen molar-refractivity contribution in [3.63, 3.8) is 0 Å². The van der Waals surface area contributed by atoms with Gasteiger partial charge >= 0.3 is 11.6 Å². The number of fused-ring (bicyclic) bond motifs is 1. The standard InChI is InChI=1S/C15H16O6/c1-9-6-14(16)21-13-8-12(20-5-4-18-2)11(7-10(9)13)15(17)19-3/h6-8H,4-5H2,1-3H3. The first-order valence-electron chi connectivity index (χ1n) is 6.35. The van der Waals surface area contributed by atoms with Gasteiger partial charge in [0.25, 0.3) is 0 Å². The van der Waals surface area contributed by atoms with Gasteiger partial charge in [-0.1, -0.05) is 0 Å². The number of aryl methyl sites for hydroxylation is 1. The third-order valence-corrected chi connectivity index (χ3v) is 3.00. The van der Waals surface area contributed by atoms with E-state index in [9.17, 15) is 9.59 Å². The molecule has 0 amide bonds. The fraction of sp³-hybridized carbons (Fsp3) is 0.333. The molecular weight excluding hydrogens is 276 g/mol. The van der Waals surface area contributed by atoms with E-state index in [1.807, 2.05) is 0 Å². The molecule has 0 fully saturated rings. The molecule has 0 unspecified atom stereocenters. The van der Waals surface area contributed by atoms with Crippen LogP contribution in [0.2, 0.25) is 0 Å². The van der Waals surface area contributed by atoms with Gasteiger partial charge in [-0.25, -0.2) is 9.59 Å². The molecule has 0 bridgehead atoms. The van der Waals surface area contributed by atoms with Crippen molar-refractivity contribution in [1.29, 1.82) is 0 Å². The molecule has 6 heteroatoms. The Kier molecular flexibility index (Phi) is 4.59. The molecule has 0 saturated carbocycles. The summed E-state index contributed by atoms with van der Waals surface area (Å²) in [6.45, 7) is 2.41. The van der Waals surface area contributed by atoms with E-state index in [0.29, 0.717) is 23.3 Å². The highest BCUT2D eigenvalue weighted by molar-refractivity contribution is 5.98. The maximum Gasteiger partial charge on any atom is 0.341 e. The Balaban J connectivity index is 2.57. The second kappa shape index (κ2) is 6.41. The van der Waals surface area contributed by atoms with Crippen LogP contribution in [-0.4, -0.2) is 33.4 Å². The molecule has 0 spiro atoms. The molecule has 0 aliphatic carbocycles. The molecule has 1 heterocycles. The Hall–Kier alpha value is -2.34. The van der Waals surface area contributed by atoms with Crippen molar-refractivity contribution >= 4 is 16.9 Å². The van der Waals surface area contributed by atoms with Crippen molar-refractivity contribution in [2.75, 3.05) is 27.4 Å². The minimum Gasteiger partial charge on any atom is -0.490 e. The van der Waals surface area contributed by atoms with E-state index in [1.165, 1.54) is 19.2 Å². The fourth-order valence-corrected chi connectivity index (χ4v) is 1.97. The van der Waals surface area contributed by atoms with Gasteiger partial charge in [0, 0.05) is 24.6 Å². The lowest BCUT2D eigenvalue weighted by molar-refractivity contribution is 0.0594. The van der Waals surface area contributed by atoms with E-state index >= 15 is 0 Å². The van der Waals surface area contributed by atoms with E-state index in [2.05, 4.69) is 0 Å². The van der Waals surface area contributed by atoms with E-state index in [1.54, 1.807) is 20.1 Å². The molecule has 1 aromatic carbocycles. The number of hydrogen-bond acceptors (Lipinski definition) is 6. The van der Waals surface area contributed by atoms with Crippen LogP contribution in [0.5, 0.6) is 5.75 Å². The molecule has 0 saturated heterocycles. The number of hydrogen-bond donors (Lipinski definition) is 0. The summed E-state index contributed by atoms with van der Waals surface area (Å²) >= 11 is 0. The summed E-state index contributed by atoms with van der Waals surface area (Å²) in [6, 6.07) is 4.49. The predicted molar refractivity (Wildman–Crippen MR) is 75.9 cm³/mol. The van der Waals surface area contributed by atoms with Crippen LogP contribution >= 0.6 is 0 Å². The fourth-order valence-electron chi connectivity index (χ4n) is 1.97. The van der Waals surface area contributed by atoms with Gasteiger partial charge in [-0.3, -0.25) is 0 Å². The van der Waals surface area contributed by atoms with E-state index in [0.717, 1.165) is 5.56 Å². The van der Waals surface area contributed by atoms with Gasteiger partial charge in [0.2, 0.25) is 0 Å². The normalized spacial score (nSPS) is 10.6. The molecule has 2 rings (SSSR count). The van der Waals surface area contributed by atoms with Gasteiger partial charge in [0.15, 0.2) is 0 Å². The molecule has 0 N–H and O–H groups in total. The minimum atomic E-state index is -0.519. The summed E-state index contributed by atoms with van der Waals surface area (Å²) in [6.07, 6.45) is 0. The molecule has 21 heavy (non-hydrogen) atoms. The molecule has 0 atom stereocenters. The van der Waals surface area contributed by atoms with E-state index < -0.39 is 11.6 Å². The molecule has 2 aromatic rings. The van der Waals surface area contributed by atoms with Crippen LogP contribution < -0.4 is 10.4 Å². The summed E-state index contributed by atoms with van der Waals surface area (Å²) in [5.74, 6) is -0.227. The molecule has 0 aliphatic rings. The first kappa shape index (κ1) is 15.1. The van der Waals surface area contributed by atoms with Crippen LogP contribution in [0.25, 0.3) is 11.0 Å². The second-order valence-electron chi connectivity index (χ2n) is 4.43. The van der Waals surface area contributed by atoms with Crippen LogP contribution in [0.15, 0.2) is 27.4 Å². The monoisotopic (exact) mass is 292 g/mol. The lowest BCUT2D eigenvalue weighted by atomic mass is 10.1. The lowest BCUT2D eigenvalue weighted by Crippen LogP contribution is -2.10. The number of esters is 1. The number of methoxy groups -OCH3 is 2. The molecule has 6 nitrogen and oxygen atoms in total. The zero-order chi connectivity index (χ0) is 15.4. The van der Waals surface area contributed by atoms with Crippen molar-refractivity contribution in [2.45, 2.75) is 6.92 Å². The van der Waals surface area contributed by atoms with Crippen molar-refractivity contribution in [3.8, 4) is 5.75 Å². The Morgan fingerprint density at radius 1 is 1.19 bits per heavy atom. The van der Waals surface area contributed by atoms with Crippen LogP contribution in [0.1, 0.15) is 15.9 Å². The molecule has 0 radical (unpaired) electrons. The van der Waals surface area contributed by atoms with Crippen LogP contribution in [0.3, 0.4) is 0 Å². The molecule has 0 aliphatic heterocycles. The summed E-state index contributed by atoms with van der Waals surface area (Å²) in [5, 5.41) is 0.661. The molecule has 112 valence electrons. The largest absolute Gasteiger partial charge is 0.490 e. The summed E-state index contributed by atoms with van der Waals surface area (Å²) < 4.78 is 20.3. The Morgan fingerprint density at radius 3 is 2.62 bits per heavy atom. The first-order chi connectivity index (χ1) is 10.1. The van der Waals surface area contributed by atoms with Gasteiger partial charge in [-0.15, -0.1) is 0 Å². The van der Waals surface area contributed by atoms with Crippen molar-refractivity contribution in [1.82, 2.24) is 0 Å². The molecule has 1 aromatic heterocycles. The second-order valence-corrected chi connectivity index (χ2v) is 4.43. The van der Waals surface area contributed by atoms with Gasteiger partial charge < -0.3 is 18.6 Å². The van der Waals surface area contributed by atoms with Gasteiger partial charge in [-0.2, -0.15) is 0 Å². The first-order valence-corrected chi connectivity index (χ1v) is 6.35. The number of benzene rings is 1. The van der Waals surface area contributed by atoms with E-state index in [-0.39, 0.29) is 12.2 Å². The van der Waals surface area contributed by atoms with Crippen molar-refractivity contribution < 1.29 is 23.4 Å². The van der Waals surface area contributed by atoms with Crippen LogP contribution in [0, 0.1) is 6.92 Å². The van der Waals surface area contributed by atoms with Gasteiger partial charge in [0.1, 0.15) is 23.5 Å². The maximum atomic E-state index is 11.9. The minimum absolute atomic E-state index is 0.266. The lowest BCUT2D eigenvalue weighted by Gasteiger charge is -2.11. The summed E-state index contributed by atoms with van der Waals surface area (Å²) in [5.41, 5.74) is 0.904. The third kappa shape index (κ3) is 3.22. The quantitative estimate of drug-likeness (QED) is 0.476. The van der Waals surface area contributed by atoms with Crippen molar-refractivity contribution in [2.24, 2.45) is 0 Å². The number of rotatable bonds is 5. The van der Waals surface area contributed by atoms with Crippen LogP contribution in [0.4, 0.5) is 0 Å². The van der Waals surface area contributed by atoms with Crippen LogP contribution in [-0.2, 0) is 9.47 Å². The van der Waals surface area contributed by atoms with Gasteiger partial charge in [-0.05, 0) is 18.6 Å². The topological polar surface area (TPSA) is 75.0 Å². The van der Waals surface area contributed by atoms with Crippen molar-refractivity contribution in [3.05, 3.63) is 39.7 Å². The highest BCUT2D eigenvalue weighted by atomic mass is 16.5. The average molecular weight is 292 g/mol. The highest BCUT2D eigenvalue weighted by Crippen LogP contribution is 2.27. The Bertz CT molecular complexity index is 716. The van der Waals surface area contributed by atoms with E-state index in [4.69, 9.17) is 18.6 Å². The predicted octanol–water partition coefficient (Wildman–Crippen LogP) is 1.91. The highest BCUT2D eigenvalue weighted by Gasteiger charge is 2.17. The number of carbonyl (C=O) groups is 1. The Labute approximate surface area is 121 Å². The zero-order valence-electron chi connectivity index (χ0n) is 12.1. The Morgan fingerprint density at radius 2 is 1.95 bits per heavy atom. The average Bonchev–Trinajstić information content (AvgIpc) is 2.46. The smallest absolute Gasteiger partial charge is 0.341 e. The summed E-state index contributed by atoms with van der Waals surface area (Å²) in [7, 11) is 2.84. The number of carbonyl (C=O) groups excluding carboxylic acids is 1. The molecular formula is C15H16O6. The zero-order valence-corrected chi connectivity index (χ0v) is 12.1. The summed E-state index contributed by atoms with van der Waals surface area (Å²) in [4.78, 5) is 23.3. The third-order valence-electron chi connectivity index (χ3n) is 3.00. The maximum absolute atomic E-state index is 11.9. The SMILES string of the molecule is COCCOc1cc2oc(=O)cc(C)c2cc1C(=O)OC. The van der Waals surface area contributed by atoms with Gasteiger partial charge in [0.05, 0.1) is 13.7 Å².